The van der Waals surface area contributed by atoms with Crippen LogP contribution in [0.1, 0.15) is 21.0 Å². The van der Waals surface area contributed by atoms with Gasteiger partial charge in [0.1, 0.15) is 11.6 Å². The molecule has 0 saturated heterocycles. The number of carbonyl (C=O) groups is 2. The van der Waals surface area contributed by atoms with Gasteiger partial charge in [-0.2, -0.15) is 0 Å². The SMILES string of the molecule is O=C(Nc1ccccn1)c1cccc(NC(=O)c2nc(-c3cccs3)n(-c3cccc(F)c3)n2)c1. The van der Waals surface area contributed by atoms with E-state index in [0.29, 0.717) is 28.6 Å². The van der Waals surface area contributed by atoms with E-state index >= 15 is 0 Å². The molecule has 8 nitrogen and oxygen atoms in total. The molecule has 0 aliphatic carbocycles. The number of aromatic nitrogens is 4. The van der Waals surface area contributed by atoms with Gasteiger partial charge in [0.25, 0.3) is 11.8 Å². The Kier molecular flexibility index (Phi) is 6.10. The topological polar surface area (TPSA) is 102 Å². The number of benzene rings is 2. The number of carbonyl (C=O) groups excluding carboxylic acids is 2. The molecule has 2 aromatic carbocycles. The first-order valence-electron chi connectivity index (χ1n) is 10.5. The summed E-state index contributed by atoms with van der Waals surface area (Å²) in [4.78, 5) is 34.8. The standard InChI is InChI=1S/C25H17FN6O2S/c26-17-7-4-9-19(15-17)32-23(20-10-5-13-35-20)30-22(31-32)25(34)28-18-8-3-6-16(14-18)24(33)29-21-11-1-2-12-27-21/h1-15H,(H,28,34)(H,27,29,33). The van der Waals surface area contributed by atoms with Crippen LogP contribution in [0.15, 0.2) is 90.4 Å². The van der Waals surface area contributed by atoms with Crippen molar-refractivity contribution in [1.82, 2.24) is 19.7 Å². The number of hydrogen-bond donors (Lipinski definition) is 2. The number of nitrogens with zero attached hydrogens (tertiary/aromatic N) is 4. The van der Waals surface area contributed by atoms with Gasteiger partial charge < -0.3 is 10.6 Å². The molecule has 3 aromatic heterocycles. The van der Waals surface area contributed by atoms with Crippen molar-refractivity contribution in [2.24, 2.45) is 0 Å². The van der Waals surface area contributed by atoms with Gasteiger partial charge in [0.05, 0.1) is 10.6 Å². The summed E-state index contributed by atoms with van der Waals surface area (Å²) < 4.78 is 15.3. The van der Waals surface area contributed by atoms with Crippen LogP contribution in [-0.2, 0) is 0 Å². The number of hydrogen-bond acceptors (Lipinski definition) is 6. The van der Waals surface area contributed by atoms with Crippen LogP contribution in [0.5, 0.6) is 0 Å². The van der Waals surface area contributed by atoms with Gasteiger partial charge in [0, 0.05) is 17.4 Å². The molecule has 0 unspecified atom stereocenters. The van der Waals surface area contributed by atoms with Crippen molar-refractivity contribution in [3.8, 4) is 16.4 Å². The second kappa shape index (κ2) is 9.65. The number of anilines is 2. The van der Waals surface area contributed by atoms with Gasteiger partial charge >= 0.3 is 0 Å². The minimum absolute atomic E-state index is 0.0963. The van der Waals surface area contributed by atoms with Crippen LogP contribution in [0.2, 0.25) is 0 Å². The van der Waals surface area contributed by atoms with Crippen LogP contribution in [0, 0.1) is 5.82 Å². The lowest BCUT2D eigenvalue weighted by Crippen LogP contribution is -2.16. The molecule has 0 saturated carbocycles. The molecule has 5 aromatic rings. The van der Waals surface area contributed by atoms with Gasteiger partial charge in [-0.1, -0.05) is 24.3 Å². The Morgan fingerprint density at radius 2 is 1.77 bits per heavy atom. The van der Waals surface area contributed by atoms with E-state index in [1.54, 1.807) is 60.8 Å². The Bertz CT molecular complexity index is 1500. The fraction of sp³-hybridized carbons (Fsp3) is 0. The summed E-state index contributed by atoms with van der Waals surface area (Å²) in [6, 6.07) is 21.2. The lowest BCUT2D eigenvalue weighted by Gasteiger charge is -2.07. The Hall–Kier alpha value is -4.70. The van der Waals surface area contributed by atoms with E-state index < -0.39 is 11.7 Å². The zero-order valence-electron chi connectivity index (χ0n) is 18.1. The molecule has 2 amide bonds. The maximum Gasteiger partial charge on any atom is 0.295 e. The van der Waals surface area contributed by atoms with Crippen LogP contribution in [-0.4, -0.2) is 31.6 Å². The van der Waals surface area contributed by atoms with Gasteiger partial charge in [0.2, 0.25) is 5.82 Å². The highest BCUT2D eigenvalue weighted by atomic mass is 32.1. The first-order chi connectivity index (χ1) is 17.1. The average molecular weight is 485 g/mol. The largest absolute Gasteiger partial charge is 0.319 e. The number of amides is 2. The zero-order valence-corrected chi connectivity index (χ0v) is 18.9. The zero-order chi connectivity index (χ0) is 24.2. The molecule has 0 atom stereocenters. The fourth-order valence-corrected chi connectivity index (χ4v) is 4.01. The predicted molar refractivity (Wildman–Crippen MR) is 131 cm³/mol. The summed E-state index contributed by atoms with van der Waals surface area (Å²) in [6.45, 7) is 0. The third-order valence-electron chi connectivity index (χ3n) is 4.89. The Balaban J connectivity index is 1.40. The Labute approximate surface area is 203 Å². The summed E-state index contributed by atoms with van der Waals surface area (Å²) in [5, 5.41) is 11.6. The monoisotopic (exact) mass is 484 g/mol. The van der Waals surface area contributed by atoms with Crippen molar-refractivity contribution >= 4 is 34.7 Å². The van der Waals surface area contributed by atoms with Crippen molar-refractivity contribution < 1.29 is 14.0 Å². The molecular weight excluding hydrogens is 467 g/mol. The fourth-order valence-electron chi connectivity index (χ4n) is 3.31. The summed E-state index contributed by atoms with van der Waals surface area (Å²) >= 11 is 1.43. The number of thiophene rings is 1. The molecule has 0 aliphatic heterocycles. The maximum atomic E-state index is 13.8. The first-order valence-corrected chi connectivity index (χ1v) is 11.4. The summed E-state index contributed by atoms with van der Waals surface area (Å²) in [5.74, 6) is -0.629. The summed E-state index contributed by atoms with van der Waals surface area (Å²) in [6.07, 6.45) is 1.58. The number of pyridine rings is 1. The molecule has 0 fully saturated rings. The van der Waals surface area contributed by atoms with Crippen LogP contribution >= 0.6 is 11.3 Å². The number of rotatable bonds is 6. The Morgan fingerprint density at radius 1 is 0.886 bits per heavy atom. The second-order valence-corrected chi connectivity index (χ2v) is 8.28. The van der Waals surface area contributed by atoms with Crippen molar-refractivity contribution in [1.29, 1.82) is 0 Å². The highest BCUT2D eigenvalue weighted by Gasteiger charge is 2.20. The van der Waals surface area contributed by atoms with Crippen molar-refractivity contribution in [2.45, 2.75) is 0 Å². The van der Waals surface area contributed by atoms with Gasteiger partial charge in [-0.05, 0) is 60.0 Å². The molecule has 0 aliphatic rings. The predicted octanol–water partition coefficient (Wildman–Crippen LogP) is 5.03. The van der Waals surface area contributed by atoms with E-state index in [1.807, 2.05) is 17.5 Å². The Morgan fingerprint density at radius 3 is 2.54 bits per heavy atom. The number of halogens is 1. The first kappa shape index (κ1) is 22.1. The molecule has 0 radical (unpaired) electrons. The average Bonchev–Trinajstić information content (AvgIpc) is 3.55. The van der Waals surface area contributed by atoms with E-state index in [1.165, 1.54) is 28.2 Å². The van der Waals surface area contributed by atoms with E-state index in [9.17, 15) is 14.0 Å². The third kappa shape index (κ3) is 4.97. The van der Waals surface area contributed by atoms with Gasteiger partial charge in [-0.3, -0.25) is 9.59 Å². The van der Waals surface area contributed by atoms with Gasteiger partial charge in [-0.15, -0.1) is 16.4 Å². The van der Waals surface area contributed by atoms with Crippen LogP contribution in [0.25, 0.3) is 16.4 Å². The lowest BCUT2D eigenvalue weighted by molar-refractivity contribution is 0.101. The van der Waals surface area contributed by atoms with Gasteiger partial charge in [-0.25, -0.2) is 19.0 Å². The molecular formula is C25H17FN6O2S. The van der Waals surface area contributed by atoms with Crippen LogP contribution in [0.3, 0.4) is 0 Å². The minimum atomic E-state index is -0.569. The van der Waals surface area contributed by atoms with Crippen molar-refractivity contribution in [3.05, 3.63) is 108 Å². The van der Waals surface area contributed by atoms with E-state index in [-0.39, 0.29) is 11.7 Å². The van der Waals surface area contributed by atoms with Crippen LogP contribution in [0.4, 0.5) is 15.9 Å². The van der Waals surface area contributed by atoms with Crippen molar-refractivity contribution in [3.63, 3.8) is 0 Å². The molecule has 3 heterocycles. The van der Waals surface area contributed by atoms with E-state index in [2.05, 4.69) is 25.7 Å². The highest BCUT2D eigenvalue weighted by molar-refractivity contribution is 7.13. The molecule has 35 heavy (non-hydrogen) atoms. The van der Waals surface area contributed by atoms with Crippen molar-refractivity contribution in [2.75, 3.05) is 10.6 Å². The molecule has 10 heteroatoms. The molecule has 0 bridgehead atoms. The molecule has 0 spiro atoms. The van der Waals surface area contributed by atoms with E-state index in [0.717, 1.165) is 4.88 Å². The molecule has 5 rings (SSSR count). The third-order valence-corrected chi connectivity index (χ3v) is 5.76. The normalized spacial score (nSPS) is 10.7. The minimum Gasteiger partial charge on any atom is -0.319 e. The highest BCUT2D eigenvalue weighted by Crippen LogP contribution is 2.26. The molecule has 172 valence electrons. The summed E-state index contributed by atoms with van der Waals surface area (Å²) in [7, 11) is 0. The second-order valence-electron chi connectivity index (χ2n) is 7.33. The smallest absolute Gasteiger partial charge is 0.295 e. The number of nitrogens with one attached hydrogen (secondary N) is 2. The van der Waals surface area contributed by atoms with Crippen LogP contribution < -0.4 is 10.6 Å². The summed E-state index contributed by atoms with van der Waals surface area (Å²) in [5.41, 5.74) is 1.17. The molecule has 2 N–H and O–H groups in total. The maximum absolute atomic E-state index is 13.8. The lowest BCUT2D eigenvalue weighted by atomic mass is 10.2. The van der Waals surface area contributed by atoms with E-state index in [4.69, 9.17) is 0 Å². The van der Waals surface area contributed by atoms with Gasteiger partial charge in [0.15, 0.2) is 5.82 Å². The quantitative estimate of drug-likeness (QED) is 0.352.